The van der Waals surface area contributed by atoms with Crippen molar-refractivity contribution in [2.75, 3.05) is 12.4 Å². The summed E-state index contributed by atoms with van der Waals surface area (Å²) in [5.41, 5.74) is 1.36. The van der Waals surface area contributed by atoms with Crippen molar-refractivity contribution in [2.24, 2.45) is 0 Å². The van der Waals surface area contributed by atoms with Crippen molar-refractivity contribution in [3.05, 3.63) is 72.5 Å². The Morgan fingerprint density at radius 3 is 2.71 bits per heavy atom. The van der Waals surface area contributed by atoms with Gasteiger partial charge in [-0.3, -0.25) is 4.79 Å². The van der Waals surface area contributed by atoms with Gasteiger partial charge in [0, 0.05) is 17.1 Å². The number of fused-ring (bicyclic) bond motifs is 3. The van der Waals surface area contributed by atoms with Gasteiger partial charge >= 0.3 is 0 Å². The van der Waals surface area contributed by atoms with Gasteiger partial charge in [-0.15, -0.1) is 0 Å². The number of ether oxygens (including phenoxy) is 1. The molecule has 1 heterocycles. The minimum Gasteiger partial charge on any atom is -0.497 e. The Hall–Kier alpha value is -3.27. The zero-order valence-corrected chi connectivity index (χ0v) is 13.1. The number of nitrogens with one attached hydrogen (secondary N) is 1. The highest BCUT2D eigenvalue weighted by Gasteiger charge is 2.14. The molecule has 0 fully saturated rings. The van der Waals surface area contributed by atoms with Gasteiger partial charge in [-0.1, -0.05) is 36.4 Å². The summed E-state index contributed by atoms with van der Waals surface area (Å²) < 4.78 is 10.9. The number of furan rings is 1. The number of carbonyl (C=O) groups excluding carboxylic acids is 1. The summed E-state index contributed by atoms with van der Waals surface area (Å²) >= 11 is 0. The topological polar surface area (TPSA) is 51.5 Å². The minimum absolute atomic E-state index is 0.282. The predicted molar refractivity (Wildman–Crippen MR) is 94.7 cm³/mol. The molecule has 0 aliphatic rings. The summed E-state index contributed by atoms with van der Waals surface area (Å²) in [6.45, 7) is 0. The molecule has 118 valence electrons. The van der Waals surface area contributed by atoms with Crippen LogP contribution in [0.1, 0.15) is 10.6 Å². The maximum atomic E-state index is 12.5. The number of hydrogen-bond acceptors (Lipinski definition) is 3. The first-order valence-electron chi connectivity index (χ1n) is 7.61. The van der Waals surface area contributed by atoms with Crippen LogP contribution < -0.4 is 10.1 Å². The van der Waals surface area contributed by atoms with Crippen LogP contribution in [0.3, 0.4) is 0 Å². The lowest BCUT2D eigenvalue weighted by molar-refractivity contribution is 0.0998. The third kappa shape index (κ3) is 2.48. The zero-order valence-electron chi connectivity index (χ0n) is 13.1. The van der Waals surface area contributed by atoms with Crippen LogP contribution in [0.4, 0.5) is 5.69 Å². The molecule has 0 bridgehead atoms. The first kappa shape index (κ1) is 14.3. The Morgan fingerprint density at radius 1 is 0.958 bits per heavy atom. The fraction of sp³-hybridized carbons (Fsp3) is 0.0500. The van der Waals surface area contributed by atoms with Crippen LogP contribution in [0.25, 0.3) is 21.7 Å². The highest BCUT2D eigenvalue weighted by Crippen LogP contribution is 2.28. The molecule has 0 saturated carbocycles. The Labute approximate surface area is 138 Å². The number of benzene rings is 3. The van der Waals surface area contributed by atoms with Crippen LogP contribution in [0.15, 0.2) is 71.1 Å². The fourth-order valence-corrected chi connectivity index (χ4v) is 2.80. The van der Waals surface area contributed by atoms with Crippen LogP contribution in [-0.4, -0.2) is 13.0 Å². The second-order valence-corrected chi connectivity index (χ2v) is 5.50. The number of methoxy groups -OCH3 is 1. The van der Waals surface area contributed by atoms with E-state index in [0.29, 0.717) is 17.0 Å². The van der Waals surface area contributed by atoms with Crippen LogP contribution in [-0.2, 0) is 0 Å². The van der Waals surface area contributed by atoms with Crippen molar-refractivity contribution < 1.29 is 13.9 Å². The maximum absolute atomic E-state index is 12.5. The van der Waals surface area contributed by atoms with E-state index in [9.17, 15) is 4.79 Å². The number of carbonyl (C=O) groups is 1. The van der Waals surface area contributed by atoms with Gasteiger partial charge in [0.15, 0.2) is 5.76 Å². The second kappa shape index (κ2) is 5.74. The van der Waals surface area contributed by atoms with Gasteiger partial charge < -0.3 is 14.5 Å². The number of amides is 1. The van der Waals surface area contributed by atoms with Crippen LogP contribution in [0.2, 0.25) is 0 Å². The van der Waals surface area contributed by atoms with Crippen LogP contribution >= 0.6 is 0 Å². The number of rotatable bonds is 3. The van der Waals surface area contributed by atoms with E-state index < -0.39 is 0 Å². The van der Waals surface area contributed by atoms with Crippen molar-refractivity contribution in [1.82, 2.24) is 0 Å². The largest absolute Gasteiger partial charge is 0.497 e. The Morgan fingerprint density at radius 2 is 1.83 bits per heavy atom. The lowest BCUT2D eigenvalue weighted by Crippen LogP contribution is -2.10. The van der Waals surface area contributed by atoms with E-state index in [0.717, 1.165) is 16.2 Å². The molecular formula is C20H15NO3. The zero-order chi connectivity index (χ0) is 16.5. The molecule has 24 heavy (non-hydrogen) atoms. The quantitative estimate of drug-likeness (QED) is 0.588. The molecular weight excluding hydrogens is 302 g/mol. The summed E-state index contributed by atoms with van der Waals surface area (Å²) in [4.78, 5) is 12.5. The Bertz CT molecular complexity index is 1050. The molecule has 0 aliphatic heterocycles. The van der Waals surface area contributed by atoms with Crippen molar-refractivity contribution in [2.45, 2.75) is 0 Å². The average molecular weight is 317 g/mol. The molecule has 0 saturated heterocycles. The molecule has 0 spiro atoms. The number of hydrogen-bond donors (Lipinski definition) is 1. The standard InChI is InChI=1S/C20H15NO3/c1-23-15-7-4-6-14(11-15)21-20(22)19-12-17-16-8-3-2-5-13(16)9-10-18(17)24-19/h2-12H,1H3,(H,21,22). The minimum atomic E-state index is -0.288. The van der Waals surface area contributed by atoms with E-state index >= 15 is 0 Å². The summed E-state index contributed by atoms with van der Waals surface area (Å²) in [5.74, 6) is 0.677. The highest BCUT2D eigenvalue weighted by molar-refractivity contribution is 6.10. The first-order chi connectivity index (χ1) is 11.7. The third-order valence-corrected chi connectivity index (χ3v) is 3.98. The first-order valence-corrected chi connectivity index (χ1v) is 7.61. The summed E-state index contributed by atoms with van der Waals surface area (Å²) in [5, 5.41) is 5.95. The van der Waals surface area contributed by atoms with Crippen molar-refractivity contribution in [3.63, 3.8) is 0 Å². The molecule has 0 radical (unpaired) electrons. The van der Waals surface area contributed by atoms with Crippen molar-refractivity contribution >= 4 is 33.3 Å². The smallest absolute Gasteiger partial charge is 0.291 e. The van der Waals surface area contributed by atoms with Crippen LogP contribution in [0, 0.1) is 0 Å². The van der Waals surface area contributed by atoms with Gasteiger partial charge in [-0.2, -0.15) is 0 Å². The van der Waals surface area contributed by atoms with Gasteiger partial charge in [0.05, 0.1) is 7.11 Å². The Balaban J connectivity index is 1.70. The Kier molecular flexibility index (Phi) is 3.43. The molecule has 0 atom stereocenters. The van der Waals surface area contributed by atoms with Gasteiger partial charge in [-0.25, -0.2) is 0 Å². The SMILES string of the molecule is COc1cccc(NC(=O)c2cc3c(ccc4ccccc43)o2)c1. The van der Waals surface area contributed by atoms with E-state index in [1.165, 1.54) is 0 Å². The van der Waals surface area contributed by atoms with E-state index in [1.54, 1.807) is 25.3 Å². The summed E-state index contributed by atoms with van der Waals surface area (Å²) in [6, 6.07) is 20.9. The van der Waals surface area contributed by atoms with E-state index in [2.05, 4.69) is 5.32 Å². The second-order valence-electron chi connectivity index (χ2n) is 5.50. The molecule has 4 rings (SSSR count). The molecule has 4 heteroatoms. The summed E-state index contributed by atoms with van der Waals surface area (Å²) in [6.07, 6.45) is 0. The molecule has 1 N–H and O–H groups in total. The normalized spacial score (nSPS) is 10.9. The summed E-state index contributed by atoms with van der Waals surface area (Å²) in [7, 11) is 1.59. The van der Waals surface area contributed by atoms with E-state index in [-0.39, 0.29) is 11.7 Å². The fourth-order valence-electron chi connectivity index (χ4n) is 2.80. The highest BCUT2D eigenvalue weighted by atomic mass is 16.5. The van der Waals surface area contributed by atoms with Gasteiger partial charge in [0.25, 0.3) is 5.91 Å². The maximum Gasteiger partial charge on any atom is 0.291 e. The molecule has 4 aromatic rings. The molecule has 3 aromatic carbocycles. The van der Waals surface area contributed by atoms with Gasteiger partial charge in [-0.05, 0) is 35.0 Å². The van der Waals surface area contributed by atoms with Gasteiger partial charge in [0.2, 0.25) is 0 Å². The van der Waals surface area contributed by atoms with Crippen LogP contribution in [0.5, 0.6) is 5.75 Å². The molecule has 1 amide bonds. The van der Waals surface area contributed by atoms with Crippen molar-refractivity contribution in [3.8, 4) is 5.75 Å². The molecule has 0 aliphatic carbocycles. The van der Waals surface area contributed by atoms with Crippen molar-refractivity contribution in [1.29, 1.82) is 0 Å². The lowest BCUT2D eigenvalue weighted by atomic mass is 10.1. The van der Waals surface area contributed by atoms with E-state index in [1.807, 2.05) is 48.5 Å². The predicted octanol–water partition coefficient (Wildman–Crippen LogP) is 4.85. The number of anilines is 1. The average Bonchev–Trinajstić information content (AvgIpc) is 3.07. The molecule has 4 nitrogen and oxygen atoms in total. The lowest BCUT2D eigenvalue weighted by Gasteiger charge is -2.05. The third-order valence-electron chi connectivity index (χ3n) is 3.98. The molecule has 0 unspecified atom stereocenters. The van der Waals surface area contributed by atoms with E-state index in [4.69, 9.17) is 9.15 Å². The monoisotopic (exact) mass is 317 g/mol. The molecule has 1 aromatic heterocycles. The van der Waals surface area contributed by atoms with Gasteiger partial charge in [0.1, 0.15) is 11.3 Å².